The Labute approximate surface area is 196 Å². The minimum Gasteiger partial charge on any atom is -0.493 e. The number of fused-ring (bicyclic) bond motifs is 1. The number of halogens is 3. The smallest absolute Gasteiger partial charge is 0.282 e. The molecule has 158 valence electrons. The minimum absolute atomic E-state index is 0.0420. The summed E-state index contributed by atoms with van der Waals surface area (Å²) in [5.41, 5.74) is 1.03. The van der Waals surface area contributed by atoms with E-state index in [4.69, 9.17) is 26.1 Å². The first-order chi connectivity index (χ1) is 14.3. The zero-order chi connectivity index (χ0) is 22.0. The third kappa shape index (κ3) is 4.26. The molecule has 0 N–H and O–H groups in total. The minimum atomic E-state index is -0.240. The highest BCUT2D eigenvalue weighted by atomic mass is 79.9. The van der Waals surface area contributed by atoms with Crippen LogP contribution in [0.1, 0.15) is 37.6 Å². The molecule has 1 aromatic heterocycles. The number of hydrogen-bond acceptors (Lipinski definition) is 5. The van der Waals surface area contributed by atoms with Gasteiger partial charge in [0, 0.05) is 20.4 Å². The number of nitrogens with zero attached hydrogens (tertiary/aromatic N) is 3. The van der Waals surface area contributed by atoms with E-state index >= 15 is 0 Å². The van der Waals surface area contributed by atoms with Crippen LogP contribution in [0.25, 0.3) is 10.9 Å². The van der Waals surface area contributed by atoms with E-state index in [1.807, 2.05) is 26.0 Å². The van der Waals surface area contributed by atoms with E-state index in [9.17, 15) is 4.79 Å². The SMILES string of the molecule is CC[C@@H](C)c1nc2ccc(Br)cc2c(=O)n1N=Cc1cc(OC)c(OC)c(Cl)c1Br. The van der Waals surface area contributed by atoms with E-state index in [-0.39, 0.29) is 11.5 Å². The largest absolute Gasteiger partial charge is 0.493 e. The van der Waals surface area contributed by atoms with Crippen LogP contribution in [0.3, 0.4) is 0 Å². The van der Waals surface area contributed by atoms with Gasteiger partial charge in [-0.15, -0.1) is 0 Å². The van der Waals surface area contributed by atoms with E-state index in [0.29, 0.717) is 43.3 Å². The van der Waals surface area contributed by atoms with Gasteiger partial charge in [-0.05, 0) is 46.6 Å². The molecule has 9 heteroatoms. The van der Waals surface area contributed by atoms with Crippen molar-refractivity contribution in [2.75, 3.05) is 14.2 Å². The molecule has 0 unspecified atom stereocenters. The van der Waals surface area contributed by atoms with Crippen molar-refractivity contribution in [2.24, 2.45) is 5.10 Å². The van der Waals surface area contributed by atoms with Gasteiger partial charge in [-0.3, -0.25) is 4.79 Å². The number of aromatic nitrogens is 2. The first kappa shape index (κ1) is 22.8. The van der Waals surface area contributed by atoms with Crippen molar-refractivity contribution in [2.45, 2.75) is 26.2 Å². The maximum Gasteiger partial charge on any atom is 0.282 e. The van der Waals surface area contributed by atoms with Crippen molar-refractivity contribution in [3.05, 3.63) is 60.0 Å². The van der Waals surface area contributed by atoms with Crippen LogP contribution in [0, 0.1) is 0 Å². The van der Waals surface area contributed by atoms with Gasteiger partial charge in [0.05, 0.1) is 31.3 Å². The number of ether oxygens (including phenoxy) is 2. The maximum atomic E-state index is 13.2. The molecule has 0 radical (unpaired) electrons. The summed E-state index contributed by atoms with van der Waals surface area (Å²) in [5.74, 6) is 1.51. The van der Waals surface area contributed by atoms with Crippen LogP contribution < -0.4 is 15.0 Å². The highest BCUT2D eigenvalue weighted by molar-refractivity contribution is 9.10. The number of rotatable bonds is 6. The predicted molar refractivity (Wildman–Crippen MR) is 128 cm³/mol. The molecule has 3 rings (SSSR count). The molecular weight excluding hydrogens is 538 g/mol. The maximum absolute atomic E-state index is 13.2. The molecule has 0 fully saturated rings. The fraction of sp³-hybridized carbons (Fsp3) is 0.286. The lowest BCUT2D eigenvalue weighted by atomic mass is 10.1. The van der Waals surface area contributed by atoms with Crippen LogP contribution in [0.15, 0.2) is 43.1 Å². The van der Waals surface area contributed by atoms with E-state index in [1.165, 1.54) is 18.9 Å². The van der Waals surface area contributed by atoms with Crippen molar-refractivity contribution >= 4 is 60.6 Å². The second-order valence-electron chi connectivity index (χ2n) is 6.63. The molecule has 30 heavy (non-hydrogen) atoms. The lowest BCUT2D eigenvalue weighted by Crippen LogP contribution is -2.23. The lowest BCUT2D eigenvalue weighted by Gasteiger charge is -2.15. The molecule has 6 nitrogen and oxygen atoms in total. The van der Waals surface area contributed by atoms with Gasteiger partial charge in [-0.2, -0.15) is 9.78 Å². The molecule has 0 saturated heterocycles. The van der Waals surface area contributed by atoms with E-state index in [1.54, 1.807) is 18.3 Å². The zero-order valence-electron chi connectivity index (χ0n) is 16.9. The van der Waals surface area contributed by atoms with Crippen molar-refractivity contribution in [3.63, 3.8) is 0 Å². The molecule has 0 aliphatic carbocycles. The second kappa shape index (κ2) is 9.49. The second-order valence-corrected chi connectivity index (χ2v) is 8.72. The molecule has 0 aliphatic rings. The fourth-order valence-corrected chi connectivity index (χ4v) is 3.98. The van der Waals surface area contributed by atoms with Gasteiger partial charge >= 0.3 is 0 Å². The Kier molecular flexibility index (Phi) is 7.21. The van der Waals surface area contributed by atoms with Gasteiger partial charge < -0.3 is 9.47 Å². The Morgan fingerprint density at radius 3 is 2.63 bits per heavy atom. The normalized spacial score (nSPS) is 12.5. The Morgan fingerprint density at radius 1 is 1.27 bits per heavy atom. The summed E-state index contributed by atoms with van der Waals surface area (Å²) in [6, 6.07) is 7.18. The number of hydrogen-bond donors (Lipinski definition) is 0. The first-order valence-corrected chi connectivity index (χ1v) is 11.1. The van der Waals surface area contributed by atoms with Gasteiger partial charge in [0.15, 0.2) is 11.5 Å². The quantitative estimate of drug-likeness (QED) is 0.350. The molecule has 0 aliphatic heterocycles. The summed E-state index contributed by atoms with van der Waals surface area (Å²) in [6.07, 6.45) is 2.37. The predicted octanol–water partition coefficient (Wildman–Crippen LogP) is 5.99. The fourth-order valence-electron chi connectivity index (χ4n) is 2.94. The lowest BCUT2D eigenvalue weighted by molar-refractivity contribution is 0.355. The molecule has 3 aromatic rings. The van der Waals surface area contributed by atoms with Crippen LogP contribution in [0.2, 0.25) is 5.02 Å². The van der Waals surface area contributed by atoms with Crippen LogP contribution in [0.5, 0.6) is 11.5 Å². The average Bonchev–Trinajstić information content (AvgIpc) is 2.75. The van der Waals surface area contributed by atoms with Gasteiger partial charge in [0.2, 0.25) is 0 Å². The first-order valence-electron chi connectivity index (χ1n) is 9.18. The summed E-state index contributed by atoms with van der Waals surface area (Å²) in [7, 11) is 3.04. The van der Waals surface area contributed by atoms with Crippen molar-refractivity contribution < 1.29 is 9.47 Å². The topological polar surface area (TPSA) is 65.7 Å². The Balaban J connectivity index is 2.22. The third-order valence-corrected chi connectivity index (χ3v) is 6.72. The molecule has 2 aromatic carbocycles. The highest BCUT2D eigenvalue weighted by Crippen LogP contribution is 2.41. The van der Waals surface area contributed by atoms with Crippen LogP contribution >= 0.6 is 43.5 Å². The van der Waals surface area contributed by atoms with Gasteiger partial charge in [0.1, 0.15) is 10.8 Å². The molecule has 0 saturated carbocycles. The Bertz CT molecular complexity index is 1190. The molecule has 1 atom stereocenters. The van der Waals surface area contributed by atoms with Gasteiger partial charge in [-0.1, -0.05) is 41.4 Å². The standard InChI is InChI=1S/C21H20Br2ClN3O3/c1-5-11(2)20-26-15-7-6-13(22)9-14(15)21(28)27(20)25-10-12-8-16(29-3)19(30-4)18(24)17(12)23/h6-11H,5H2,1-4H3/t11-/m1/s1. The van der Waals surface area contributed by atoms with Crippen LogP contribution in [-0.4, -0.2) is 30.1 Å². The third-order valence-electron chi connectivity index (χ3n) is 4.78. The average molecular weight is 558 g/mol. The Morgan fingerprint density at radius 2 is 2.00 bits per heavy atom. The summed E-state index contributed by atoms with van der Waals surface area (Å²) < 4.78 is 13.4. The highest BCUT2D eigenvalue weighted by Gasteiger charge is 2.18. The van der Waals surface area contributed by atoms with Crippen LogP contribution in [0.4, 0.5) is 0 Å². The molecule has 0 bridgehead atoms. The monoisotopic (exact) mass is 555 g/mol. The van der Waals surface area contributed by atoms with Crippen molar-refractivity contribution in [1.82, 2.24) is 9.66 Å². The Hall–Kier alpha value is -1.90. The van der Waals surface area contributed by atoms with Gasteiger partial charge in [-0.25, -0.2) is 4.98 Å². The van der Waals surface area contributed by atoms with E-state index < -0.39 is 0 Å². The van der Waals surface area contributed by atoms with Crippen LogP contribution in [-0.2, 0) is 0 Å². The number of methoxy groups -OCH3 is 2. The van der Waals surface area contributed by atoms with Gasteiger partial charge in [0.25, 0.3) is 5.56 Å². The summed E-state index contributed by atoms with van der Waals surface area (Å²) in [6.45, 7) is 4.06. The summed E-state index contributed by atoms with van der Waals surface area (Å²) in [5, 5.41) is 5.31. The number of benzene rings is 2. The van der Waals surface area contributed by atoms with E-state index in [2.05, 4.69) is 37.0 Å². The van der Waals surface area contributed by atoms with Crippen molar-refractivity contribution in [1.29, 1.82) is 0 Å². The molecule has 0 amide bonds. The summed E-state index contributed by atoms with van der Waals surface area (Å²) >= 11 is 13.3. The molecular formula is C21H20Br2ClN3O3. The summed E-state index contributed by atoms with van der Waals surface area (Å²) in [4.78, 5) is 17.9. The zero-order valence-corrected chi connectivity index (χ0v) is 20.8. The van der Waals surface area contributed by atoms with Crippen molar-refractivity contribution in [3.8, 4) is 11.5 Å². The molecule has 0 spiro atoms. The molecule has 1 heterocycles. The van der Waals surface area contributed by atoms with E-state index in [0.717, 1.165) is 10.9 Å².